The minimum atomic E-state index is 0.0747. The van der Waals surface area contributed by atoms with Gasteiger partial charge in [-0.05, 0) is 30.9 Å². The molecule has 3 N–H and O–H groups in total. The molecule has 3 rings (SSSR count). The Kier molecular flexibility index (Phi) is 4.33. The number of benzene rings is 1. The molecule has 1 aliphatic heterocycles. The zero-order valence-electron chi connectivity index (χ0n) is 11.8. The molecule has 1 aliphatic carbocycles. The number of amidine groups is 1. The Bertz CT molecular complexity index is 550. The van der Waals surface area contributed by atoms with Gasteiger partial charge in [0.1, 0.15) is 0 Å². The number of hydrogen-bond donors (Lipinski definition) is 2. The number of fused-ring (bicyclic) bond motifs is 1. The highest BCUT2D eigenvalue weighted by Crippen LogP contribution is 2.31. The lowest BCUT2D eigenvalue weighted by atomic mass is 10.1. The average Bonchev–Trinajstić information content (AvgIpc) is 2.98. The molecule has 0 aromatic heterocycles. The lowest BCUT2D eigenvalue weighted by molar-refractivity contribution is -0.0588. The molecule has 0 spiro atoms. The van der Waals surface area contributed by atoms with E-state index < -0.39 is 0 Å². The van der Waals surface area contributed by atoms with Gasteiger partial charge in [0.25, 0.3) is 0 Å². The third-order valence-electron chi connectivity index (χ3n) is 4.43. The quantitative estimate of drug-likeness (QED) is 0.388. The number of nitrogens with zero attached hydrogens (tertiary/aromatic N) is 2. The van der Waals surface area contributed by atoms with Gasteiger partial charge in [-0.1, -0.05) is 28.9 Å². The van der Waals surface area contributed by atoms with Crippen molar-refractivity contribution in [3.8, 4) is 0 Å². The van der Waals surface area contributed by atoms with Crippen molar-refractivity contribution in [3.05, 3.63) is 34.3 Å². The molecule has 6 heteroatoms. The highest BCUT2D eigenvalue weighted by molar-refractivity contribution is 6.31. The number of ether oxygens (including phenoxy) is 1. The van der Waals surface area contributed by atoms with Crippen LogP contribution in [0.3, 0.4) is 0 Å². The summed E-state index contributed by atoms with van der Waals surface area (Å²) in [5, 5.41) is 12.4. The number of rotatable bonds is 3. The van der Waals surface area contributed by atoms with Crippen LogP contribution in [0.5, 0.6) is 0 Å². The Morgan fingerprint density at radius 3 is 3.10 bits per heavy atom. The molecule has 21 heavy (non-hydrogen) atoms. The van der Waals surface area contributed by atoms with Crippen molar-refractivity contribution < 1.29 is 9.94 Å². The lowest BCUT2D eigenvalue weighted by Gasteiger charge is -2.37. The molecule has 2 unspecified atom stereocenters. The molecule has 0 amide bonds. The van der Waals surface area contributed by atoms with Gasteiger partial charge < -0.3 is 15.7 Å². The first-order chi connectivity index (χ1) is 10.2. The minimum Gasteiger partial charge on any atom is -0.409 e. The summed E-state index contributed by atoms with van der Waals surface area (Å²) in [4.78, 5) is 2.46. The first kappa shape index (κ1) is 14.6. The van der Waals surface area contributed by atoms with Crippen LogP contribution in [-0.4, -0.2) is 41.2 Å². The van der Waals surface area contributed by atoms with Gasteiger partial charge in [0.05, 0.1) is 12.7 Å². The van der Waals surface area contributed by atoms with Crippen LogP contribution in [0.4, 0.5) is 0 Å². The Hall–Kier alpha value is -1.30. The molecule has 5 nitrogen and oxygen atoms in total. The maximum Gasteiger partial charge on any atom is 0.170 e. The fourth-order valence-corrected chi connectivity index (χ4v) is 3.55. The summed E-state index contributed by atoms with van der Waals surface area (Å²) in [6.45, 7) is 2.56. The topological polar surface area (TPSA) is 71.1 Å². The molecule has 1 aromatic carbocycles. The Morgan fingerprint density at radius 1 is 1.48 bits per heavy atom. The van der Waals surface area contributed by atoms with Crippen molar-refractivity contribution in [2.75, 3.05) is 13.2 Å². The Balaban J connectivity index is 1.75. The third-order valence-corrected chi connectivity index (χ3v) is 4.78. The zero-order chi connectivity index (χ0) is 14.8. The Labute approximate surface area is 129 Å². The van der Waals surface area contributed by atoms with E-state index in [-0.39, 0.29) is 5.84 Å². The summed E-state index contributed by atoms with van der Waals surface area (Å²) in [5.74, 6) is 0.0747. The number of halogens is 1. The second kappa shape index (κ2) is 6.22. The summed E-state index contributed by atoms with van der Waals surface area (Å²) in [7, 11) is 0. The van der Waals surface area contributed by atoms with E-state index in [9.17, 15) is 0 Å². The van der Waals surface area contributed by atoms with E-state index in [2.05, 4.69) is 10.1 Å². The van der Waals surface area contributed by atoms with Crippen molar-refractivity contribution in [1.29, 1.82) is 0 Å². The molecule has 2 atom stereocenters. The molecule has 0 bridgehead atoms. The zero-order valence-corrected chi connectivity index (χ0v) is 12.6. The van der Waals surface area contributed by atoms with Gasteiger partial charge in [0.15, 0.2) is 5.84 Å². The van der Waals surface area contributed by atoms with E-state index in [1.807, 2.05) is 12.1 Å². The first-order valence-corrected chi connectivity index (χ1v) is 7.69. The largest absolute Gasteiger partial charge is 0.409 e. The minimum absolute atomic E-state index is 0.0747. The van der Waals surface area contributed by atoms with Crippen molar-refractivity contribution in [3.63, 3.8) is 0 Å². The van der Waals surface area contributed by atoms with Crippen LogP contribution in [-0.2, 0) is 11.3 Å². The molecule has 2 aliphatic rings. The average molecular weight is 310 g/mol. The standard InChI is InChI=1S/C15H20ClN3O2/c16-12-8-10(15(17)18-20)4-5-11(12)9-19-6-7-21-14-3-1-2-13(14)19/h4-5,8,13-14,20H,1-3,6-7,9H2,(H2,17,18). The molecule has 2 fully saturated rings. The summed E-state index contributed by atoms with van der Waals surface area (Å²) in [6, 6.07) is 6.05. The van der Waals surface area contributed by atoms with Gasteiger partial charge in [-0.2, -0.15) is 0 Å². The fourth-order valence-electron chi connectivity index (χ4n) is 3.31. The molecule has 114 valence electrons. The SMILES string of the molecule is N/C(=N/O)c1ccc(CN2CCOC3CCCC32)c(Cl)c1. The van der Waals surface area contributed by atoms with Crippen LogP contribution >= 0.6 is 11.6 Å². The molecule has 1 saturated heterocycles. The van der Waals surface area contributed by atoms with E-state index in [4.69, 9.17) is 27.3 Å². The number of morpholine rings is 1. The fraction of sp³-hybridized carbons (Fsp3) is 0.533. The highest BCUT2D eigenvalue weighted by atomic mass is 35.5. The first-order valence-electron chi connectivity index (χ1n) is 7.31. The van der Waals surface area contributed by atoms with E-state index >= 15 is 0 Å². The lowest BCUT2D eigenvalue weighted by Crippen LogP contribution is -2.47. The highest BCUT2D eigenvalue weighted by Gasteiger charge is 2.35. The van der Waals surface area contributed by atoms with Crippen LogP contribution in [0.25, 0.3) is 0 Å². The van der Waals surface area contributed by atoms with Gasteiger partial charge in [-0.3, -0.25) is 4.90 Å². The molecule has 1 saturated carbocycles. The van der Waals surface area contributed by atoms with Crippen molar-refractivity contribution >= 4 is 17.4 Å². The van der Waals surface area contributed by atoms with Crippen LogP contribution in [0, 0.1) is 0 Å². The monoisotopic (exact) mass is 309 g/mol. The smallest absolute Gasteiger partial charge is 0.170 e. The predicted molar refractivity (Wildman–Crippen MR) is 81.8 cm³/mol. The number of hydrogen-bond acceptors (Lipinski definition) is 4. The van der Waals surface area contributed by atoms with E-state index in [0.29, 0.717) is 22.7 Å². The second-order valence-electron chi connectivity index (χ2n) is 5.67. The van der Waals surface area contributed by atoms with E-state index in [1.54, 1.807) is 6.07 Å². The molecule has 0 radical (unpaired) electrons. The normalized spacial score (nSPS) is 26.8. The summed E-state index contributed by atoms with van der Waals surface area (Å²) in [6.07, 6.45) is 3.98. The van der Waals surface area contributed by atoms with Gasteiger partial charge in [0, 0.05) is 29.7 Å². The molecular weight excluding hydrogens is 290 g/mol. The predicted octanol–water partition coefficient (Wildman–Crippen LogP) is 2.19. The number of nitrogens with two attached hydrogens (primary N) is 1. The van der Waals surface area contributed by atoms with E-state index in [0.717, 1.165) is 31.7 Å². The van der Waals surface area contributed by atoms with Gasteiger partial charge in [-0.15, -0.1) is 0 Å². The summed E-state index contributed by atoms with van der Waals surface area (Å²) >= 11 is 6.34. The van der Waals surface area contributed by atoms with Crippen LogP contribution in [0.2, 0.25) is 5.02 Å². The summed E-state index contributed by atoms with van der Waals surface area (Å²) < 4.78 is 5.83. The Morgan fingerprint density at radius 2 is 2.33 bits per heavy atom. The molecule has 1 heterocycles. The number of oxime groups is 1. The van der Waals surface area contributed by atoms with Gasteiger partial charge in [-0.25, -0.2) is 0 Å². The van der Waals surface area contributed by atoms with Crippen LogP contribution in [0.1, 0.15) is 30.4 Å². The second-order valence-corrected chi connectivity index (χ2v) is 6.08. The van der Waals surface area contributed by atoms with Crippen molar-refractivity contribution in [2.45, 2.75) is 38.0 Å². The van der Waals surface area contributed by atoms with Crippen molar-refractivity contribution in [2.24, 2.45) is 10.9 Å². The molecular formula is C15H20ClN3O2. The maximum absolute atomic E-state index is 8.71. The van der Waals surface area contributed by atoms with Crippen LogP contribution < -0.4 is 5.73 Å². The molecule has 1 aromatic rings. The maximum atomic E-state index is 8.71. The third kappa shape index (κ3) is 3.00. The van der Waals surface area contributed by atoms with Gasteiger partial charge >= 0.3 is 0 Å². The van der Waals surface area contributed by atoms with Gasteiger partial charge in [0.2, 0.25) is 0 Å². The van der Waals surface area contributed by atoms with Crippen LogP contribution in [0.15, 0.2) is 23.4 Å². The van der Waals surface area contributed by atoms with Crippen molar-refractivity contribution in [1.82, 2.24) is 4.90 Å². The van der Waals surface area contributed by atoms with E-state index in [1.165, 1.54) is 12.8 Å². The summed E-state index contributed by atoms with van der Waals surface area (Å²) in [5.41, 5.74) is 7.28.